The molecule has 1 atom stereocenters. The molecule has 0 spiro atoms. The zero-order valence-electron chi connectivity index (χ0n) is 13.0. The van der Waals surface area contributed by atoms with Gasteiger partial charge < -0.3 is 9.73 Å². The van der Waals surface area contributed by atoms with Crippen molar-refractivity contribution in [3.05, 3.63) is 89.9 Å². The Balaban J connectivity index is 1.77. The van der Waals surface area contributed by atoms with E-state index in [0.717, 1.165) is 22.6 Å². The number of hydrogen-bond acceptors (Lipinski definition) is 4. The summed E-state index contributed by atoms with van der Waals surface area (Å²) in [6, 6.07) is 20.6. The van der Waals surface area contributed by atoms with Gasteiger partial charge in [0.05, 0.1) is 18.7 Å². The van der Waals surface area contributed by atoms with E-state index in [2.05, 4.69) is 5.32 Å². The molecule has 0 aliphatic rings. The van der Waals surface area contributed by atoms with Crippen LogP contribution in [0.25, 0.3) is 0 Å². The van der Waals surface area contributed by atoms with Crippen LogP contribution in [0.3, 0.4) is 0 Å². The van der Waals surface area contributed by atoms with Crippen molar-refractivity contribution in [2.24, 2.45) is 0 Å². The molecule has 5 nitrogen and oxygen atoms in total. The molecule has 1 heterocycles. The highest BCUT2D eigenvalue weighted by Gasteiger charge is 2.22. The Morgan fingerprint density at radius 3 is 2.29 bits per heavy atom. The zero-order chi connectivity index (χ0) is 16.8. The largest absolute Gasteiger partial charge is 0.467 e. The second-order valence-corrected chi connectivity index (χ2v) is 5.37. The minimum Gasteiger partial charge on any atom is -0.467 e. The van der Waals surface area contributed by atoms with Gasteiger partial charge in [0.25, 0.3) is 5.91 Å². The molecule has 0 radical (unpaired) electrons. The molecule has 1 unspecified atom stereocenters. The van der Waals surface area contributed by atoms with Crippen LogP contribution >= 0.6 is 0 Å². The topological polar surface area (TPSA) is 74.5 Å². The third kappa shape index (κ3) is 3.64. The molecular formula is C19H18N2O3. The molecule has 122 valence electrons. The van der Waals surface area contributed by atoms with Crippen molar-refractivity contribution >= 4 is 11.6 Å². The fraction of sp³-hybridized carbons (Fsp3) is 0.105. The Kier molecular flexibility index (Phi) is 4.93. The summed E-state index contributed by atoms with van der Waals surface area (Å²) in [4.78, 5) is 12.1. The lowest BCUT2D eigenvalue weighted by Gasteiger charge is -2.16. The Bertz CT molecular complexity index is 768. The van der Waals surface area contributed by atoms with Crippen LogP contribution in [0.15, 0.2) is 77.4 Å². The SMILES string of the molecule is O=C(NO)C(c1ccccc1)c1ccc(NCc2ccco2)cc1. The molecule has 0 aliphatic heterocycles. The summed E-state index contributed by atoms with van der Waals surface area (Å²) in [5, 5.41) is 12.3. The summed E-state index contributed by atoms with van der Waals surface area (Å²) < 4.78 is 5.28. The third-order valence-electron chi connectivity index (χ3n) is 3.80. The number of hydrogen-bond donors (Lipinski definition) is 3. The lowest BCUT2D eigenvalue weighted by atomic mass is 9.90. The van der Waals surface area contributed by atoms with Crippen molar-refractivity contribution < 1.29 is 14.4 Å². The Morgan fingerprint density at radius 1 is 0.958 bits per heavy atom. The summed E-state index contributed by atoms with van der Waals surface area (Å²) >= 11 is 0. The highest BCUT2D eigenvalue weighted by molar-refractivity contribution is 5.86. The molecule has 2 aromatic carbocycles. The van der Waals surface area contributed by atoms with Crippen LogP contribution in [-0.2, 0) is 11.3 Å². The van der Waals surface area contributed by atoms with E-state index in [4.69, 9.17) is 9.62 Å². The molecule has 3 rings (SSSR count). The molecule has 0 bridgehead atoms. The van der Waals surface area contributed by atoms with Crippen LogP contribution in [0.1, 0.15) is 22.8 Å². The number of rotatable bonds is 6. The second kappa shape index (κ2) is 7.48. The lowest BCUT2D eigenvalue weighted by molar-refractivity contribution is -0.129. The first-order chi connectivity index (χ1) is 11.8. The van der Waals surface area contributed by atoms with E-state index in [1.165, 1.54) is 0 Å². The van der Waals surface area contributed by atoms with Crippen molar-refractivity contribution in [3.8, 4) is 0 Å². The van der Waals surface area contributed by atoms with Crippen molar-refractivity contribution in [2.75, 3.05) is 5.32 Å². The number of nitrogens with one attached hydrogen (secondary N) is 2. The van der Waals surface area contributed by atoms with Gasteiger partial charge >= 0.3 is 0 Å². The summed E-state index contributed by atoms with van der Waals surface area (Å²) in [6.45, 7) is 0.589. The predicted octanol–water partition coefficient (Wildman–Crippen LogP) is 3.53. The summed E-state index contributed by atoms with van der Waals surface area (Å²) in [5.41, 5.74) is 4.30. The van der Waals surface area contributed by atoms with Crippen molar-refractivity contribution in [1.82, 2.24) is 5.48 Å². The minimum absolute atomic E-state index is 0.461. The summed E-state index contributed by atoms with van der Waals surface area (Å²) in [7, 11) is 0. The number of amides is 1. The van der Waals surface area contributed by atoms with E-state index >= 15 is 0 Å². The quantitative estimate of drug-likeness (QED) is 0.479. The van der Waals surface area contributed by atoms with Crippen molar-refractivity contribution in [1.29, 1.82) is 0 Å². The van der Waals surface area contributed by atoms with Crippen LogP contribution in [0.2, 0.25) is 0 Å². The van der Waals surface area contributed by atoms with E-state index in [1.807, 2.05) is 66.7 Å². The smallest absolute Gasteiger partial charge is 0.255 e. The monoisotopic (exact) mass is 322 g/mol. The van der Waals surface area contributed by atoms with Gasteiger partial charge in [-0.2, -0.15) is 0 Å². The van der Waals surface area contributed by atoms with Crippen LogP contribution in [0.5, 0.6) is 0 Å². The van der Waals surface area contributed by atoms with Crippen LogP contribution < -0.4 is 10.8 Å². The number of hydroxylamine groups is 1. The molecule has 3 aromatic rings. The number of carbonyl (C=O) groups excluding carboxylic acids is 1. The van der Waals surface area contributed by atoms with Gasteiger partial charge in [-0.1, -0.05) is 42.5 Å². The van der Waals surface area contributed by atoms with E-state index < -0.39 is 11.8 Å². The molecule has 1 amide bonds. The van der Waals surface area contributed by atoms with Gasteiger partial charge in [-0.15, -0.1) is 0 Å². The highest BCUT2D eigenvalue weighted by Crippen LogP contribution is 2.26. The Labute approximate surface area is 139 Å². The van der Waals surface area contributed by atoms with Gasteiger partial charge in [-0.3, -0.25) is 10.0 Å². The van der Waals surface area contributed by atoms with Gasteiger partial charge in [-0.25, -0.2) is 5.48 Å². The average Bonchev–Trinajstić information content (AvgIpc) is 3.15. The number of furan rings is 1. The molecule has 1 aromatic heterocycles. The average molecular weight is 322 g/mol. The first-order valence-electron chi connectivity index (χ1n) is 7.63. The molecule has 0 fully saturated rings. The molecule has 3 N–H and O–H groups in total. The molecule has 0 saturated carbocycles. The third-order valence-corrected chi connectivity index (χ3v) is 3.80. The van der Waals surface area contributed by atoms with Gasteiger partial charge in [0.2, 0.25) is 0 Å². The molecule has 0 saturated heterocycles. The molecule has 5 heteroatoms. The Hall–Kier alpha value is -3.05. The predicted molar refractivity (Wildman–Crippen MR) is 90.7 cm³/mol. The lowest BCUT2D eigenvalue weighted by Crippen LogP contribution is -2.27. The first kappa shape index (κ1) is 15.8. The van der Waals surface area contributed by atoms with Gasteiger partial charge in [0.1, 0.15) is 5.76 Å². The maximum Gasteiger partial charge on any atom is 0.255 e. The van der Waals surface area contributed by atoms with Gasteiger partial charge in [0, 0.05) is 5.69 Å². The van der Waals surface area contributed by atoms with Crippen LogP contribution in [-0.4, -0.2) is 11.1 Å². The number of benzene rings is 2. The summed E-state index contributed by atoms with van der Waals surface area (Å²) in [5.74, 6) is -0.172. The molecule has 0 aliphatic carbocycles. The van der Waals surface area contributed by atoms with Crippen LogP contribution in [0, 0.1) is 0 Å². The van der Waals surface area contributed by atoms with E-state index in [-0.39, 0.29) is 0 Å². The van der Waals surface area contributed by atoms with Crippen molar-refractivity contribution in [3.63, 3.8) is 0 Å². The van der Waals surface area contributed by atoms with Gasteiger partial charge in [0.15, 0.2) is 0 Å². The van der Waals surface area contributed by atoms with E-state index in [0.29, 0.717) is 6.54 Å². The maximum absolute atomic E-state index is 12.1. The molecular weight excluding hydrogens is 304 g/mol. The number of carbonyl (C=O) groups is 1. The second-order valence-electron chi connectivity index (χ2n) is 5.37. The fourth-order valence-corrected chi connectivity index (χ4v) is 2.60. The van der Waals surface area contributed by atoms with Crippen LogP contribution in [0.4, 0.5) is 5.69 Å². The van der Waals surface area contributed by atoms with E-state index in [9.17, 15) is 4.79 Å². The molecule has 24 heavy (non-hydrogen) atoms. The zero-order valence-corrected chi connectivity index (χ0v) is 13.0. The highest BCUT2D eigenvalue weighted by atomic mass is 16.5. The Morgan fingerprint density at radius 2 is 1.67 bits per heavy atom. The maximum atomic E-state index is 12.1. The fourth-order valence-electron chi connectivity index (χ4n) is 2.60. The normalized spacial score (nSPS) is 11.7. The number of anilines is 1. The standard InChI is InChI=1S/C19H18N2O3/c22-19(21-23)18(14-5-2-1-3-6-14)15-8-10-16(11-9-15)20-13-17-7-4-12-24-17/h1-12,18,20,23H,13H2,(H,21,22). The van der Waals surface area contributed by atoms with Gasteiger partial charge in [-0.05, 0) is 35.4 Å². The van der Waals surface area contributed by atoms with Crippen molar-refractivity contribution in [2.45, 2.75) is 12.5 Å². The van der Waals surface area contributed by atoms with E-state index in [1.54, 1.807) is 11.7 Å². The first-order valence-corrected chi connectivity index (χ1v) is 7.63. The minimum atomic E-state index is -0.560. The summed E-state index contributed by atoms with van der Waals surface area (Å²) in [6.07, 6.45) is 1.64.